The van der Waals surface area contributed by atoms with Crippen molar-refractivity contribution in [1.29, 1.82) is 0 Å². The van der Waals surface area contributed by atoms with Gasteiger partial charge in [0, 0.05) is 32.7 Å². The molecule has 5 heteroatoms. The minimum absolute atomic E-state index is 0.117. The lowest BCUT2D eigenvalue weighted by molar-refractivity contribution is 0.0958. The highest BCUT2D eigenvalue weighted by Crippen LogP contribution is 2.36. The maximum Gasteiger partial charge on any atom is 0.269 e. The number of rotatable bonds is 3. The average Bonchev–Trinajstić information content (AvgIpc) is 3.11. The van der Waals surface area contributed by atoms with Crippen molar-refractivity contribution in [2.75, 3.05) is 38.1 Å². The van der Waals surface area contributed by atoms with Crippen LogP contribution in [0, 0.1) is 25.2 Å². The molecule has 1 aromatic rings. The number of aromatic nitrogens is 1. The normalized spacial score (nSPS) is 22.3. The van der Waals surface area contributed by atoms with Crippen LogP contribution in [-0.4, -0.2) is 55.1 Å². The number of piperidine rings is 1. The molecule has 1 amide bonds. The molecule has 1 aromatic heterocycles. The fourth-order valence-electron chi connectivity index (χ4n) is 4.83. The van der Waals surface area contributed by atoms with E-state index in [1.807, 2.05) is 13.0 Å². The second-order valence-electron chi connectivity index (χ2n) is 9.40. The third-order valence-corrected chi connectivity index (χ3v) is 6.56. The van der Waals surface area contributed by atoms with Crippen molar-refractivity contribution in [2.24, 2.45) is 11.3 Å². The van der Waals surface area contributed by atoms with Crippen molar-refractivity contribution >= 4 is 11.6 Å². The minimum atomic E-state index is -0.117. The zero-order valence-corrected chi connectivity index (χ0v) is 17.9. The summed E-state index contributed by atoms with van der Waals surface area (Å²) in [6.07, 6.45) is 3.77. The highest BCUT2D eigenvalue weighted by molar-refractivity contribution is 5.92. The highest BCUT2D eigenvalue weighted by Gasteiger charge is 2.36. The molecule has 0 aliphatic carbocycles. The topological polar surface area (TPSA) is 48.5 Å². The lowest BCUT2D eigenvalue weighted by atomic mass is 9.80. The minimum Gasteiger partial charge on any atom is -0.370 e. The first-order valence-corrected chi connectivity index (χ1v) is 10.4. The Morgan fingerprint density at radius 2 is 1.81 bits per heavy atom. The Kier molecular flexibility index (Phi) is 5.80. The third kappa shape index (κ3) is 4.29. The lowest BCUT2D eigenvalue weighted by Gasteiger charge is -2.39. The van der Waals surface area contributed by atoms with Crippen molar-refractivity contribution in [1.82, 2.24) is 15.2 Å². The number of nitrogens with zero attached hydrogens (tertiary/aromatic N) is 3. The standard InChI is InChI=1S/C22H36N4O/c1-15-13-19(21(27)23-6)24-16(2)20(15)25-11-8-18(9-12-25)26-10-7-17(14-26)22(3,4)5/h13,17-18H,7-12,14H2,1-6H3,(H,23,27). The van der Waals surface area contributed by atoms with Crippen LogP contribution < -0.4 is 10.2 Å². The molecular weight excluding hydrogens is 336 g/mol. The van der Waals surface area contributed by atoms with Gasteiger partial charge < -0.3 is 10.2 Å². The Morgan fingerprint density at radius 3 is 2.33 bits per heavy atom. The first-order valence-electron chi connectivity index (χ1n) is 10.4. The smallest absolute Gasteiger partial charge is 0.269 e. The zero-order valence-electron chi connectivity index (χ0n) is 17.9. The molecular formula is C22H36N4O. The second kappa shape index (κ2) is 7.78. The van der Waals surface area contributed by atoms with Crippen LogP contribution in [0.1, 0.15) is 61.8 Å². The fraction of sp³-hybridized carbons (Fsp3) is 0.727. The fourth-order valence-corrected chi connectivity index (χ4v) is 4.83. The highest BCUT2D eigenvalue weighted by atomic mass is 16.1. The van der Waals surface area contributed by atoms with E-state index in [0.717, 1.165) is 30.3 Å². The zero-order chi connectivity index (χ0) is 19.8. The van der Waals surface area contributed by atoms with Gasteiger partial charge in [-0.25, -0.2) is 4.98 Å². The number of nitrogens with one attached hydrogen (secondary N) is 1. The summed E-state index contributed by atoms with van der Waals surface area (Å²) >= 11 is 0. The van der Waals surface area contributed by atoms with Crippen LogP contribution in [0.4, 0.5) is 5.69 Å². The van der Waals surface area contributed by atoms with Crippen LogP contribution in [0.5, 0.6) is 0 Å². The van der Waals surface area contributed by atoms with Gasteiger partial charge in [0.25, 0.3) is 5.91 Å². The van der Waals surface area contributed by atoms with Crippen LogP contribution >= 0.6 is 0 Å². The van der Waals surface area contributed by atoms with Gasteiger partial charge in [0.1, 0.15) is 5.69 Å². The van der Waals surface area contributed by atoms with E-state index in [1.165, 1.54) is 38.0 Å². The Morgan fingerprint density at radius 1 is 1.15 bits per heavy atom. The van der Waals surface area contributed by atoms with Gasteiger partial charge in [0.2, 0.25) is 0 Å². The molecule has 0 spiro atoms. The van der Waals surface area contributed by atoms with E-state index < -0.39 is 0 Å². The molecule has 2 fully saturated rings. The summed E-state index contributed by atoms with van der Waals surface area (Å²) in [6.45, 7) is 15.9. The van der Waals surface area contributed by atoms with E-state index in [1.54, 1.807) is 7.05 Å². The number of hydrogen-bond acceptors (Lipinski definition) is 4. The summed E-state index contributed by atoms with van der Waals surface area (Å²) in [5, 5.41) is 2.67. The summed E-state index contributed by atoms with van der Waals surface area (Å²) in [5.74, 6) is 0.704. The maximum absolute atomic E-state index is 11.9. The largest absolute Gasteiger partial charge is 0.370 e. The number of anilines is 1. The number of amides is 1. The Labute approximate surface area is 164 Å². The molecule has 27 heavy (non-hydrogen) atoms. The summed E-state index contributed by atoms with van der Waals surface area (Å²) < 4.78 is 0. The van der Waals surface area contributed by atoms with Crippen LogP contribution in [0.2, 0.25) is 0 Å². The number of likely N-dealkylation sites (tertiary alicyclic amines) is 1. The predicted molar refractivity (Wildman–Crippen MR) is 111 cm³/mol. The molecule has 2 aliphatic rings. The number of carbonyl (C=O) groups excluding carboxylic acids is 1. The second-order valence-corrected chi connectivity index (χ2v) is 9.40. The molecule has 2 aliphatic heterocycles. The molecule has 0 aromatic carbocycles. The van der Waals surface area contributed by atoms with Crippen LogP contribution in [0.25, 0.3) is 0 Å². The molecule has 3 heterocycles. The van der Waals surface area contributed by atoms with E-state index in [9.17, 15) is 4.79 Å². The van der Waals surface area contributed by atoms with E-state index in [2.05, 4.69) is 47.8 Å². The summed E-state index contributed by atoms with van der Waals surface area (Å²) in [7, 11) is 1.65. The SMILES string of the molecule is CNC(=O)c1cc(C)c(N2CCC(N3CCC(C(C)(C)C)C3)CC2)c(C)n1. The van der Waals surface area contributed by atoms with Crippen LogP contribution in [0.3, 0.4) is 0 Å². The lowest BCUT2D eigenvalue weighted by Crippen LogP contribution is -2.45. The maximum atomic E-state index is 11.9. The molecule has 5 nitrogen and oxygen atoms in total. The van der Waals surface area contributed by atoms with Crippen molar-refractivity contribution in [3.05, 3.63) is 23.0 Å². The summed E-state index contributed by atoms with van der Waals surface area (Å²) in [4.78, 5) is 21.7. The molecule has 0 bridgehead atoms. The van der Waals surface area contributed by atoms with Crippen molar-refractivity contribution in [3.63, 3.8) is 0 Å². The van der Waals surface area contributed by atoms with E-state index in [4.69, 9.17) is 0 Å². The molecule has 0 saturated carbocycles. The molecule has 3 rings (SSSR count). The third-order valence-electron chi connectivity index (χ3n) is 6.56. The number of carbonyl (C=O) groups is 1. The molecule has 0 radical (unpaired) electrons. The monoisotopic (exact) mass is 372 g/mol. The summed E-state index contributed by atoms with van der Waals surface area (Å²) in [6, 6.07) is 2.63. The van der Waals surface area contributed by atoms with Gasteiger partial charge in [-0.2, -0.15) is 0 Å². The number of aryl methyl sites for hydroxylation is 2. The molecule has 1 atom stereocenters. The number of pyridine rings is 1. The first-order chi connectivity index (χ1) is 12.7. The van der Waals surface area contributed by atoms with E-state index >= 15 is 0 Å². The van der Waals surface area contributed by atoms with Gasteiger partial charge in [-0.05, 0) is 62.6 Å². The van der Waals surface area contributed by atoms with Gasteiger partial charge >= 0.3 is 0 Å². The van der Waals surface area contributed by atoms with Crippen molar-refractivity contribution in [2.45, 2.75) is 59.9 Å². The molecule has 1 N–H and O–H groups in total. The van der Waals surface area contributed by atoms with Gasteiger partial charge in [-0.1, -0.05) is 20.8 Å². The van der Waals surface area contributed by atoms with Crippen molar-refractivity contribution < 1.29 is 4.79 Å². The van der Waals surface area contributed by atoms with E-state index in [-0.39, 0.29) is 5.91 Å². The quantitative estimate of drug-likeness (QED) is 0.883. The summed E-state index contributed by atoms with van der Waals surface area (Å²) in [5.41, 5.74) is 4.25. The predicted octanol–water partition coefficient (Wildman–Crippen LogP) is 3.39. The van der Waals surface area contributed by atoms with Gasteiger partial charge in [-0.15, -0.1) is 0 Å². The molecule has 1 unspecified atom stereocenters. The average molecular weight is 373 g/mol. The number of hydrogen-bond donors (Lipinski definition) is 1. The Hall–Kier alpha value is -1.62. The molecule has 2 saturated heterocycles. The first kappa shape index (κ1) is 20.1. The van der Waals surface area contributed by atoms with Gasteiger partial charge in [-0.3, -0.25) is 9.69 Å². The Bertz CT molecular complexity index is 663. The molecule has 150 valence electrons. The Balaban J connectivity index is 1.64. The van der Waals surface area contributed by atoms with Crippen LogP contribution in [-0.2, 0) is 0 Å². The van der Waals surface area contributed by atoms with Gasteiger partial charge in [0.15, 0.2) is 0 Å². The van der Waals surface area contributed by atoms with Gasteiger partial charge in [0.05, 0.1) is 11.4 Å². The van der Waals surface area contributed by atoms with E-state index in [0.29, 0.717) is 17.2 Å². The van der Waals surface area contributed by atoms with Crippen LogP contribution in [0.15, 0.2) is 6.07 Å². The van der Waals surface area contributed by atoms with Crippen molar-refractivity contribution in [3.8, 4) is 0 Å².